The second-order valence-electron chi connectivity index (χ2n) is 7.48. The predicted molar refractivity (Wildman–Crippen MR) is 122 cm³/mol. The van der Waals surface area contributed by atoms with Gasteiger partial charge in [-0.1, -0.05) is 48.2 Å². The lowest BCUT2D eigenvalue weighted by atomic mass is 9.98. The largest absolute Gasteiger partial charge is 0.497 e. The molecule has 5 rings (SSSR count). The van der Waals surface area contributed by atoms with Crippen molar-refractivity contribution in [2.75, 3.05) is 17.3 Å². The summed E-state index contributed by atoms with van der Waals surface area (Å²) in [6.07, 6.45) is 0. The fraction of sp³-hybridized carbons (Fsp3) is 0.120. The van der Waals surface area contributed by atoms with Gasteiger partial charge in [-0.2, -0.15) is 0 Å². The Bertz CT molecular complexity index is 1230. The first-order valence-electron chi connectivity index (χ1n) is 9.94. The van der Waals surface area contributed by atoms with Gasteiger partial charge in [0.1, 0.15) is 5.75 Å². The number of carbonyl (C=O) groups excluding carboxylic acids is 2. The normalized spacial score (nSPS) is 17.7. The molecule has 0 unspecified atom stereocenters. The number of benzene rings is 3. The summed E-state index contributed by atoms with van der Waals surface area (Å²) in [6.45, 7) is 1.94. The number of anilines is 2. The summed E-state index contributed by atoms with van der Waals surface area (Å²) >= 11 is 1.35. The molecule has 1 N–H and O–H groups in total. The van der Waals surface area contributed by atoms with E-state index in [9.17, 15) is 9.59 Å². The monoisotopic (exact) mass is 428 g/mol. The fourth-order valence-electron chi connectivity index (χ4n) is 3.94. The van der Waals surface area contributed by atoms with Crippen molar-refractivity contribution in [3.8, 4) is 5.75 Å². The Hall–Kier alpha value is -3.51. The van der Waals surface area contributed by atoms with Crippen LogP contribution in [0.25, 0.3) is 0 Å². The van der Waals surface area contributed by atoms with Crippen molar-refractivity contribution < 1.29 is 14.3 Å². The molecule has 2 aliphatic rings. The molecule has 0 saturated carbocycles. The average Bonchev–Trinajstić information content (AvgIpc) is 2.93. The van der Waals surface area contributed by atoms with Crippen molar-refractivity contribution >= 4 is 35.0 Å². The maximum atomic E-state index is 13.6. The molecular formula is C25H20N2O3S. The molecule has 0 spiro atoms. The number of hydrogen-bond donors (Lipinski definition) is 1. The first-order chi connectivity index (χ1) is 15.1. The van der Waals surface area contributed by atoms with E-state index in [1.54, 1.807) is 13.2 Å². The van der Waals surface area contributed by atoms with Crippen molar-refractivity contribution in [1.29, 1.82) is 0 Å². The Labute approximate surface area is 184 Å². The summed E-state index contributed by atoms with van der Waals surface area (Å²) in [5.74, 6) is 0.156. The van der Waals surface area contributed by atoms with Gasteiger partial charge in [-0.15, -0.1) is 0 Å². The highest BCUT2D eigenvalue weighted by molar-refractivity contribution is 8.04. The van der Waals surface area contributed by atoms with E-state index in [1.807, 2.05) is 73.7 Å². The van der Waals surface area contributed by atoms with Gasteiger partial charge in [0.15, 0.2) is 0 Å². The number of nitrogens with zero attached hydrogens (tertiary/aromatic N) is 1. The quantitative estimate of drug-likeness (QED) is 0.589. The van der Waals surface area contributed by atoms with Crippen LogP contribution in [0.1, 0.15) is 17.2 Å². The highest BCUT2D eigenvalue weighted by Crippen LogP contribution is 2.48. The van der Waals surface area contributed by atoms with E-state index in [1.165, 1.54) is 16.7 Å². The molecule has 0 saturated heterocycles. The van der Waals surface area contributed by atoms with Gasteiger partial charge < -0.3 is 10.1 Å². The summed E-state index contributed by atoms with van der Waals surface area (Å²) in [5.41, 5.74) is 3.83. The molecule has 0 fully saturated rings. The molecule has 6 heteroatoms. The molecule has 2 amide bonds. The molecular weight excluding hydrogens is 408 g/mol. The zero-order valence-corrected chi connectivity index (χ0v) is 17.9. The van der Waals surface area contributed by atoms with E-state index in [2.05, 4.69) is 5.32 Å². The minimum absolute atomic E-state index is 0.285. The van der Waals surface area contributed by atoms with Crippen LogP contribution in [0.15, 0.2) is 88.2 Å². The fourth-order valence-corrected chi connectivity index (χ4v) is 5.04. The Morgan fingerprint density at radius 3 is 2.45 bits per heavy atom. The number of amides is 2. The lowest BCUT2D eigenvalue weighted by Crippen LogP contribution is -2.33. The van der Waals surface area contributed by atoms with Gasteiger partial charge in [-0.3, -0.25) is 9.59 Å². The minimum Gasteiger partial charge on any atom is -0.497 e. The number of hydrogen-bond acceptors (Lipinski definition) is 5. The number of aryl methyl sites for hydroxylation is 1. The maximum absolute atomic E-state index is 13.6. The number of thioether (sulfide) groups is 1. The second-order valence-corrected chi connectivity index (χ2v) is 8.53. The summed E-state index contributed by atoms with van der Waals surface area (Å²) in [4.78, 5) is 29.8. The molecule has 0 radical (unpaired) electrons. The molecule has 0 aromatic heterocycles. The van der Waals surface area contributed by atoms with Crippen LogP contribution in [-0.4, -0.2) is 18.9 Å². The highest BCUT2D eigenvalue weighted by atomic mass is 32.2. The number of nitrogens with one attached hydrogen (secondary N) is 1. The number of para-hydroxylation sites is 1. The van der Waals surface area contributed by atoms with Gasteiger partial charge in [-0.05, 0) is 54.4 Å². The first-order valence-corrected chi connectivity index (χ1v) is 10.8. The molecule has 31 heavy (non-hydrogen) atoms. The van der Waals surface area contributed by atoms with Crippen LogP contribution in [0, 0.1) is 6.92 Å². The zero-order valence-electron chi connectivity index (χ0n) is 17.1. The van der Waals surface area contributed by atoms with Gasteiger partial charge in [0, 0.05) is 10.6 Å². The highest BCUT2D eigenvalue weighted by Gasteiger charge is 2.45. The SMILES string of the molecule is COc1ccc([C@@H]2Nc3ccccc3SC3=C2C(=O)N(c2cccc(C)c2)C3=O)cc1. The predicted octanol–water partition coefficient (Wildman–Crippen LogP) is 5.09. The third-order valence-electron chi connectivity index (χ3n) is 5.47. The van der Waals surface area contributed by atoms with Crippen LogP contribution in [0.2, 0.25) is 0 Å². The van der Waals surface area contributed by atoms with Gasteiger partial charge in [0.2, 0.25) is 0 Å². The van der Waals surface area contributed by atoms with Crippen LogP contribution in [0.3, 0.4) is 0 Å². The summed E-state index contributed by atoms with van der Waals surface area (Å²) < 4.78 is 5.28. The van der Waals surface area contributed by atoms with E-state index in [4.69, 9.17) is 4.74 Å². The van der Waals surface area contributed by atoms with Crippen molar-refractivity contribution in [2.45, 2.75) is 17.9 Å². The van der Waals surface area contributed by atoms with Crippen molar-refractivity contribution in [3.05, 3.63) is 94.4 Å². The third-order valence-corrected chi connectivity index (χ3v) is 6.65. The van der Waals surface area contributed by atoms with E-state index in [0.29, 0.717) is 16.2 Å². The Kier molecular flexibility index (Phi) is 4.79. The van der Waals surface area contributed by atoms with Gasteiger partial charge in [-0.25, -0.2) is 4.90 Å². The van der Waals surface area contributed by atoms with Crippen LogP contribution in [-0.2, 0) is 9.59 Å². The number of rotatable bonds is 3. The van der Waals surface area contributed by atoms with Gasteiger partial charge in [0.05, 0.1) is 29.3 Å². The van der Waals surface area contributed by atoms with Crippen LogP contribution >= 0.6 is 11.8 Å². The molecule has 1 atom stereocenters. The van der Waals surface area contributed by atoms with Crippen LogP contribution in [0.4, 0.5) is 11.4 Å². The Balaban J connectivity index is 1.65. The van der Waals surface area contributed by atoms with E-state index < -0.39 is 6.04 Å². The van der Waals surface area contributed by atoms with E-state index in [0.717, 1.165) is 27.5 Å². The lowest BCUT2D eigenvalue weighted by Gasteiger charge is -2.23. The lowest BCUT2D eigenvalue weighted by molar-refractivity contribution is -0.120. The van der Waals surface area contributed by atoms with E-state index >= 15 is 0 Å². The molecule has 154 valence electrons. The molecule has 2 heterocycles. The van der Waals surface area contributed by atoms with Crippen molar-refractivity contribution in [3.63, 3.8) is 0 Å². The van der Waals surface area contributed by atoms with Crippen molar-refractivity contribution in [2.24, 2.45) is 0 Å². The molecule has 3 aromatic carbocycles. The zero-order chi connectivity index (χ0) is 21.5. The van der Waals surface area contributed by atoms with Gasteiger partial charge >= 0.3 is 0 Å². The molecule has 0 bridgehead atoms. The summed E-state index contributed by atoms with van der Waals surface area (Å²) in [6, 6.07) is 22.4. The summed E-state index contributed by atoms with van der Waals surface area (Å²) in [5, 5.41) is 3.50. The topological polar surface area (TPSA) is 58.6 Å². The molecule has 2 aliphatic heterocycles. The number of ether oxygens (including phenoxy) is 1. The number of imide groups is 1. The molecule has 0 aliphatic carbocycles. The number of carbonyl (C=O) groups is 2. The molecule has 3 aromatic rings. The van der Waals surface area contributed by atoms with E-state index in [-0.39, 0.29) is 11.8 Å². The smallest absolute Gasteiger partial charge is 0.272 e. The van der Waals surface area contributed by atoms with Crippen molar-refractivity contribution in [1.82, 2.24) is 0 Å². The third kappa shape index (κ3) is 3.29. The maximum Gasteiger partial charge on any atom is 0.272 e. The number of fused-ring (bicyclic) bond motifs is 1. The first kappa shape index (κ1) is 19.5. The Morgan fingerprint density at radius 2 is 1.71 bits per heavy atom. The van der Waals surface area contributed by atoms with Gasteiger partial charge in [0.25, 0.3) is 11.8 Å². The minimum atomic E-state index is -0.455. The molecule has 5 nitrogen and oxygen atoms in total. The van der Waals surface area contributed by atoms with Crippen LogP contribution < -0.4 is 15.0 Å². The second kappa shape index (κ2) is 7.63. The average molecular weight is 429 g/mol. The summed E-state index contributed by atoms with van der Waals surface area (Å²) in [7, 11) is 1.62. The number of methoxy groups -OCH3 is 1. The Morgan fingerprint density at radius 1 is 0.935 bits per heavy atom. The van der Waals surface area contributed by atoms with Crippen LogP contribution in [0.5, 0.6) is 5.75 Å². The standard InChI is InChI=1S/C25H20N2O3S/c1-15-6-5-7-17(14-15)27-24(28)21-22(16-10-12-18(30-2)13-11-16)26-19-8-3-4-9-20(19)31-23(21)25(27)29/h3-14,22,26H,1-2H3/t22-/m0/s1.